The molecule has 0 radical (unpaired) electrons. The standard InChI is InChI=1S/C17H16O/c1-2-4-7(5-3-1)17-14-9-6-8-10-11(9)15(17)13(10)16(18-17)12(8)14/h1-5,8-16H,6H2/t8-,9+,10?,11?,12?,13?,14?,15?,16?,17?/m1/s1. The maximum absolute atomic E-state index is 6.74. The van der Waals surface area contributed by atoms with Crippen LogP contribution in [0.1, 0.15) is 12.0 Å². The molecule has 8 unspecified atom stereocenters. The van der Waals surface area contributed by atoms with Gasteiger partial charge in [-0.2, -0.15) is 0 Å². The lowest BCUT2D eigenvalue weighted by Crippen LogP contribution is -2.47. The van der Waals surface area contributed by atoms with Crippen molar-refractivity contribution in [2.45, 2.75) is 18.1 Å². The number of ether oxygens (including phenoxy) is 1. The summed E-state index contributed by atoms with van der Waals surface area (Å²) in [6.07, 6.45) is 2.23. The fourth-order valence-corrected chi connectivity index (χ4v) is 8.17. The molecule has 1 aromatic rings. The lowest BCUT2D eigenvalue weighted by Gasteiger charge is -2.46. The van der Waals surface area contributed by atoms with Crippen LogP contribution in [0.25, 0.3) is 0 Å². The van der Waals surface area contributed by atoms with Gasteiger partial charge < -0.3 is 4.74 Å². The summed E-state index contributed by atoms with van der Waals surface area (Å²) >= 11 is 0. The minimum atomic E-state index is 0.179. The van der Waals surface area contributed by atoms with E-state index in [0.717, 1.165) is 47.3 Å². The van der Waals surface area contributed by atoms with Gasteiger partial charge in [0.25, 0.3) is 0 Å². The van der Waals surface area contributed by atoms with Crippen molar-refractivity contribution in [3.05, 3.63) is 35.9 Å². The molecule has 90 valence electrons. The minimum Gasteiger partial charge on any atom is -0.366 e. The molecule has 8 rings (SSSR count). The van der Waals surface area contributed by atoms with Crippen molar-refractivity contribution < 1.29 is 4.74 Å². The molecule has 7 fully saturated rings. The molecule has 10 atom stereocenters. The van der Waals surface area contributed by atoms with E-state index >= 15 is 0 Å². The van der Waals surface area contributed by atoms with Crippen LogP contribution in [0.5, 0.6) is 0 Å². The van der Waals surface area contributed by atoms with Crippen molar-refractivity contribution in [1.82, 2.24) is 0 Å². The third-order valence-electron chi connectivity index (χ3n) is 7.93. The molecule has 2 saturated heterocycles. The summed E-state index contributed by atoms with van der Waals surface area (Å²) < 4.78 is 6.74. The van der Waals surface area contributed by atoms with Crippen molar-refractivity contribution in [1.29, 1.82) is 0 Å². The molecule has 5 aliphatic carbocycles. The number of hydrogen-bond acceptors (Lipinski definition) is 1. The molecular weight excluding hydrogens is 220 g/mol. The van der Waals surface area contributed by atoms with Gasteiger partial charge in [-0.15, -0.1) is 0 Å². The Balaban J connectivity index is 1.58. The van der Waals surface area contributed by atoms with Gasteiger partial charge in [-0.1, -0.05) is 30.3 Å². The Labute approximate surface area is 107 Å². The Kier molecular flexibility index (Phi) is 0.975. The van der Waals surface area contributed by atoms with Crippen molar-refractivity contribution in [3.8, 4) is 0 Å². The lowest BCUT2D eigenvalue weighted by atomic mass is 9.56. The highest BCUT2D eigenvalue weighted by Crippen LogP contribution is 2.92. The molecule has 2 aliphatic heterocycles. The van der Waals surface area contributed by atoms with Gasteiger partial charge in [-0.3, -0.25) is 0 Å². The minimum absolute atomic E-state index is 0.179. The zero-order chi connectivity index (χ0) is 11.2. The van der Waals surface area contributed by atoms with E-state index in [1.54, 1.807) is 6.42 Å². The first-order chi connectivity index (χ1) is 8.93. The fraction of sp³-hybridized carbons (Fsp3) is 0.647. The Hall–Kier alpha value is -0.820. The quantitative estimate of drug-likeness (QED) is 0.728. The van der Waals surface area contributed by atoms with Gasteiger partial charge in [0.1, 0.15) is 5.60 Å². The number of rotatable bonds is 1. The van der Waals surface area contributed by atoms with Crippen LogP contribution in [0, 0.1) is 47.3 Å². The Morgan fingerprint density at radius 1 is 0.889 bits per heavy atom. The monoisotopic (exact) mass is 236 g/mol. The lowest BCUT2D eigenvalue weighted by molar-refractivity contribution is -0.0356. The van der Waals surface area contributed by atoms with Crippen molar-refractivity contribution >= 4 is 0 Å². The second-order valence-corrected chi connectivity index (χ2v) is 7.67. The number of benzene rings is 1. The molecule has 0 spiro atoms. The molecule has 1 aromatic carbocycles. The van der Waals surface area contributed by atoms with E-state index in [0.29, 0.717) is 6.10 Å². The first-order valence-corrected chi connectivity index (χ1v) is 7.66. The first kappa shape index (κ1) is 8.37. The summed E-state index contributed by atoms with van der Waals surface area (Å²) in [5.74, 6) is 8.01. The largest absolute Gasteiger partial charge is 0.366 e. The van der Waals surface area contributed by atoms with E-state index in [2.05, 4.69) is 30.3 Å². The zero-order valence-electron chi connectivity index (χ0n) is 10.2. The molecule has 4 bridgehead atoms. The van der Waals surface area contributed by atoms with Crippen molar-refractivity contribution in [2.24, 2.45) is 47.3 Å². The van der Waals surface area contributed by atoms with Crippen LogP contribution < -0.4 is 0 Å². The van der Waals surface area contributed by atoms with Crippen LogP contribution in [-0.2, 0) is 10.3 Å². The highest BCUT2D eigenvalue weighted by Gasteiger charge is 2.92. The second-order valence-electron chi connectivity index (χ2n) is 7.67. The third-order valence-corrected chi connectivity index (χ3v) is 7.93. The zero-order valence-corrected chi connectivity index (χ0v) is 10.2. The first-order valence-electron chi connectivity index (χ1n) is 7.66. The predicted octanol–water partition coefficient (Wildman–Crippen LogP) is 2.67. The Bertz CT molecular complexity index is 585. The third kappa shape index (κ3) is 0.499. The average molecular weight is 236 g/mol. The van der Waals surface area contributed by atoms with Gasteiger partial charge >= 0.3 is 0 Å². The van der Waals surface area contributed by atoms with E-state index in [-0.39, 0.29) is 5.60 Å². The van der Waals surface area contributed by atoms with E-state index in [1.807, 2.05) is 0 Å². The molecule has 0 N–H and O–H groups in total. The predicted molar refractivity (Wildman–Crippen MR) is 65.5 cm³/mol. The van der Waals surface area contributed by atoms with E-state index in [9.17, 15) is 0 Å². The van der Waals surface area contributed by atoms with E-state index in [1.165, 1.54) is 5.56 Å². The van der Waals surface area contributed by atoms with Gasteiger partial charge in [0.2, 0.25) is 0 Å². The van der Waals surface area contributed by atoms with Gasteiger partial charge in [0.05, 0.1) is 6.10 Å². The van der Waals surface area contributed by atoms with Gasteiger partial charge in [-0.05, 0) is 47.5 Å². The molecule has 0 aromatic heterocycles. The van der Waals surface area contributed by atoms with Crippen LogP contribution in [0.2, 0.25) is 0 Å². The van der Waals surface area contributed by atoms with Crippen LogP contribution in [0.3, 0.4) is 0 Å². The molecular formula is C17H16O. The smallest absolute Gasteiger partial charge is 0.100 e. The Morgan fingerprint density at radius 3 is 2.67 bits per heavy atom. The van der Waals surface area contributed by atoms with Crippen molar-refractivity contribution in [3.63, 3.8) is 0 Å². The summed E-state index contributed by atoms with van der Waals surface area (Å²) in [5.41, 5.74) is 1.70. The van der Waals surface area contributed by atoms with Gasteiger partial charge in [0, 0.05) is 11.8 Å². The van der Waals surface area contributed by atoms with E-state index < -0.39 is 0 Å². The summed E-state index contributed by atoms with van der Waals surface area (Å²) in [7, 11) is 0. The van der Waals surface area contributed by atoms with Crippen LogP contribution >= 0.6 is 0 Å². The highest BCUT2D eigenvalue weighted by molar-refractivity contribution is 5.44. The van der Waals surface area contributed by atoms with Crippen LogP contribution in [0.15, 0.2) is 30.3 Å². The SMILES string of the molecule is c1ccc(C23OC4C5C6C(C52)[C@@H]2C[C@H]6C4C23)cc1. The summed E-state index contributed by atoms with van der Waals surface area (Å²) in [6, 6.07) is 11.2. The number of hydrogen-bond donors (Lipinski definition) is 0. The second kappa shape index (κ2) is 2.10. The summed E-state index contributed by atoms with van der Waals surface area (Å²) in [5, 5.41) is 0. The molecule has 1 heteroatoms. The maximum atomic E-state index is 6.74. The summed E-state index contributed by atoms with van der Waals surface area (Å²) in [6.45, 7) is 0. The Morgan fingerprint density at radius 2 is 1.78 bits per heavy atom. The van der Waals surface area contributed by atoms with Crippen LogP contribution in [0.4, 0.5) is 0 Å². The van der Waals surface area contributed by atoms with Gasteiger partial charge in [0.15, 0.2) is 0 Å². The molecule has 5 saturated carbocycles. The normalized spacial score (nSPS) is 70.6. The molecule has 0 amide bonds. The highest BCUT2D eigenvalue weighted by atomic mass is 16.5. The molecule has 7 aliphatic rings. The molecule has 2 heterocycles. The van der Waals surface area contributed by atoms with Gasteiger partial charge in [-0.25, -0.2) is 0 Å². The van der Waals surface area contributed by atoms with Crippen LogP contribution in [-0.4, -0.2) is 6.10 Å². The topological polar surface area (TPSA) is 9.23 Å². The average Bonchev–Trinajstić information content (AvgIpc) is 3.01. The molecule has 1 nitrogen and oxygen atoms in total. The van der Waals surface area contributed by atoms with Crippen molar-refractivity contribution in [2.75, 3.05) is 0 Å². The summed E-state index contributed by atoms with van der Waals surface area (Å²) in [4.78, 5) is 0. The molecule has 18 heavy (non-hydrogen) atoms. The fourth-order valence-electron chi connectivity index (χ4n) is 8.17. The maximum Gasteiger partial charge on any atom is 0.100 e. The van der Waals surface area contributed by atoms with E-state index in [4.69, 9.17) is 4.74 Å².